The number of hydrogen-bond donors (Lipinski definition) is 1. The number of amides is 1. The van der Waals surface area contributed by atoms with Crippen LogP contribution in [0.2, 0.25) is 5.02 Å². The summed E-state index contributed by atoms with van der Waals surface area (Å²) in [5, 5.41) is 2.60. The zero-order chi connectivity index (χ0) is 19.5. The second kappa shape index (κ2) is 8.37. The van der Waals surface area contributed by atoms with Crippen molar-refractivity contribution < 1.29 is 22.7 Å². The molecule has 0 aliphatic heterocycles. The molecule has 1 fully saturated rings. The minimum Gasteiger partial charge on any atom is -0.455 e. The van der Waals surface area contributed by atoms with Gasteiger partial charge in [-0.3, -0.25) is 9.59 Å². The largest absolute Gasteiger partial charge is 0.455 e. The number of halogens is 1. The zero-order valence-corrected chi connectivity index (χ0v) is 16.6. The average molecular weight is 403 g/mol. The summed E-state index contributed by atoms with van der Waals surface area (Å²) in [6.07, 6.45) is 0.782. The number of nitrogens with one attached hydrogen (secondary N) is 1. The fourth-order valence-electron chi connectivity index (χ4n) is 2.57. The minimum absolute atomic E-state index is 0.0732. The first-order chi connectivity index (χ1) is 12.2. The number of carbonyl (C=O) groups is 2. The smallest absolute Gasteiger partial charge is 0.309 e. The molecule has 0 spiro atoms. The second-order valence-corrected chi connectivity index (χ2v) is 8.52. The lowest BCUT2D eigenvalue weighted by molar-refractivity contribution is -0.148. The lowest BCUT2D eigenvalue weighted by Crippen LogP contribution is -2.31. The summed E-state index contributed by atoms with van der Waals surface area (Å²) in [5.74, 6) is -0.743. The molecule has 0 aromatic heterocycles. The number of benzene rings is 1. The SMILES string of the molecule is CCN(CC)S(=O)(=O)c1cc(NC(=O)COC(=O)[C@H]2C[C@@H]2C)ccc1Cl. The highest BCUT2D eigenvalue weighted by atomic mass is 35.5. The van der Waals surface area contributed by atoms with Crippen LogP contribution in [0.3, 0.4) is 0 Å². The molecule has 144 valence electrons. The van der Waals surface area contributed by atoms with Gasteiger partial charge in [0.25, 0.3) is 5.91 Å². The van der Waals surface area contributed by atoms with Crippen LogP contribution in [0.15, 0.2) is 23.1 Å². The number of rotatable bonds is 8. The van der Waals surface area contributed by atoms with Crippen molar-refractivity contribution in [2.75, 3.05) is 25.0 Å². The van der Waals surface area contributed by atoms with Gasteiger partial charge in [0.05, 0.1) is 10.9 Å². The van der Waals surface area contributed by atoms with E-state index in [9.17, 15) is 18.0 Å². The molecule has 1 amide bonds. The van der Waals surface area contributed by atoms with E-state index in [2.05, 4.69) is 5.32 Å². The molecule has 0 unspecified atom stereocenters. The van der Waals surface area contributed by atoms with Gasteiger partial charge >= 0.3 is 5.97 Å². The summed E-state index contributed by atoms with van der Waals surface area (Å²) in [5.41, 5.74) is 0.265. The fraction of sp³-hybridized carbons (Fsp3) is 0.529. The van der Waals surface area contributed by atoms with Gasteiger partial charge in [-0.2, -0.15) is 4.31 Å². The van der Waals surface area contributed by atoms with Gasteiger partial charge in [-0.1, -0.05) is 32.4 Å². The Bertz CT molecular complexity index is 792. The van der Waals surface area contributed by atoms with E-state index in [0.717, 1.165) is 6.42 Å². The highest BCUT2D eigenvalue weighted by Gasteiger charge is 2.40. The summed E-state index contributed by atoms with van der Waals surface area (Å²) in [7, 11) is -3.76. The zero-order valence-electron chi connectivity index (χ0n) is 15.0. The first-order valence-electron chi connectivity index (χ1n) is 8.46. The van der Waals surface area contributed by atoms with Crippen molar-refractivity contribution in [1.29, 1.82) is 0 Å². The first kappa shape index (κ1) is 20.7. The Morgan fingerprint density at radius 1 is 1.31 bits per heavy atom. The van der Waals surface area contributed by atoms with Crippen molar-refractivity contribution in [3.8, 4) is 0 Å². The van der Waals surface area contributed by atoms with E-state index in [4.69, 9.17) is 16.3 Å². The van der Waals surface area contributed by atoms with Crippen molar-refractivity contribution in [3.05, 3.63) is 23.2 Å². The van der Waals surface area contributed by atoms with E-state index >= 15 is 0 Å². The van der Waals surface area contributed by atoms with Crippen molar-refractivity contribution in [1.82, 2.24) is 4.31 Å². The molecule has 2 atom stereocenters. The van der Waals surface area contributed by atoms with E-state index in [-0.39, 0.29) is 27.5 Å². The van der Waals surface area contributed by atoms with Crippen LogP contribution in [0.5, 0.6) is 0 Å². The van der Waals surface area contributed by atoms with Crippen LogP contribution >= 0.6 is 11.6 Å². The lowest BCUT2D eigenvalue weighted by atomic mass is 10.3. The molecule has 0 radical (unpaired) electrons. The molecule has 1 saturated carbocycles. The van der Waals surface area contributed by atoms with Crippen LogP contribution in [0.25, 0.3) is 0 Å². The van der Waals surface area contributed by atoms with Gasteiger partial charge in [-0.25, -0.2) is 8.42 Å². The molecular weight excluding hydrogens is 380 g/mol. The van der Waals surface area contributed by atoms with Crippen LogP contribution in [-0.2, 0) is 24.3 Å². The number of nitrogens with zero attached hydrogens (tertiary/aromatic N) is 1. The molecule has 7 nitrogen and oxygen atoms in total. The van der Waals surface area contributed by atoms with Gasteiger partial charge < -0.3 is 10.1 Å². The average Bonchev–Trinajstić information content (AvgIpc) is 3.32. The molecule has 0 bridgehead atoms. The van der Waals surface area contributed by atoms with Gasteiger partial charge in [0.15, 0.2) is 6.61 Å². The number of hydrogen-bond acceptors (Lipinski definition) is 5. The van der Waals surface area contributed by atoms with Crippen LogP contribution < -0.4 is 5.32 Å². The van der Waals surface area contributed by atoms with Gasteiger partial charge in [-0.15, -0.1) is 0 Å². The summed E-state index contributed by atoms with van der Waals surface area (Å²) in [6.45, 7) is 5.61. The van der Waals surface area contributed by atoms with Crippen molar-refractivity contribution in [2.45, 2.75) is 32.1 Å². The van der Waals surface area contributed by atoms with Crippen molar-refractivity contribution in [2.24, 2.45) is 11.8 Å². The Morgan fingerprint density at radius 3 is 2.46 bits per heavy atom. The molecule has 0 saturated heterocycles. The Labute approximate surface area is 158 Å². The third kappa shape index (κ3) is 4.75. The maximum Gasteiger partial charge on any atom is 0.309 e. The number of ether oxygens (including phenoxy) is 1. The molecule has 1 aliphatic carbocycles. The quantitative estimate of drug-likeness (QED) is 0.674. The van der Waals surface area contributed by atoms with Gasteiger partial charge in [0.2, 0.25) is 10.0 Å². The number of esters is 1. The maximum atomic E-state index is 12.6. The highest BCUT2D eigenvalue weighted by Crippen LogP contribution is 2.38. The topological polar surface area (TPSA) is 92.8 Å². The predicted molar refractivity (Wildman–Crippen MR) is 98.4 cm³/mol. The summed E-state index contributed by atoms with van der Waals surface area (Å²) >= 11 is 6.05. The summed E-state index contributed by atoms with van der Waals surface area (Å²) < 4.78 is 31.5. The highest BCUT2D eigenvalue weighted by molar-refractivity contribution is 7.89. The molecule has 1 aliphatic rings. The van der Waals surface area contributed by atoms with E-state index in [1.807, 2.05) is 6.92 Å². The third-order valence-corrected chi connectivity index (χ3v) is 6.83. The Balaban J connectivity index is 2.06. The molecule has 0 heterocycles. The Morgan fingerprint density at radius 2 is 1.92 bits per heavy atom. The van der Waals surface area contributed by atoms with E-state index in [0.29, 0.717) is 19.0 Å². The third-order valence-electron chi connectivity index (χ3n) is 4.30. The molecule has 9 heteroatoms. The maximum absolute atomic E-state index is 12.6. The Hall–Kier alpha value is -1.64. The standard InChI is InChI=1S/C17H23ClN2O5S/c1-4-20(5-2)26(23,24)15-9-12(6-7-14(15)18)19-16(21)10-25-17(22)13-8-11(13)3/h6-7,9,11,13H,4-5,8,10H2,1-3H3,(H,19,21)/t11-,13-/m0/s1. The van der Waals surface area contributed by atoms with Crippen LogP contribution in [0.1, 0.15) is 27.2 Å². The van der Waals surface area contributed by atoms with Gasteiger partial charge in [0.1, 0.15) is 4.90 Å². The monoisotopic (exact) mass is 402 g/mol. The normalized spacial score (nSPS) is 19.3. The molecule has 1 aromatic carbocycles. The number of sulfonamides is 1. The first-order valence-corrected chi connectivity index (χ1v) is 10.3. The van der Waals surface area contributed by atoms with E-state index < -0.39 is 22.5 Å². The Kier molecular flexibility index (Phi) is 6.65. The molecule has 1 aromatic rings. The van der Waals surface area contributed by atoms with E-state index in [1.54, 1.807) is 13.8 Å². The predicted octanol–water partition coefficient (Wildman–Crippen LogP) is 2.51. The van der Waals surface area contributed by atoms with E-state index in [1.165, 1.54) is 22.5 Å². The fourth-order valence-corrected chi connectivity index (χ4v) is 4.53. The minimum atomic E-state index is -3.76. The summed E-state index contributed by atoms with van der Waals surface area (Å²) in [4.78, 5) is 23.5. The van der Waals surface area contributed by atoms with Crippen LogP contribution in [0, 0.1) is 11.8 Å². The second-order valence-electron chi connectivity index (χ2n) is 6.21. The lowest BCUT2D eigenvalue weighted by Gasteiger charge is -2.19. The molecule has 1 N–H and O–H groups in total. The molecular formula is C17H23ClN2O5S. The molecule has 2 rings (SSSR count). The van der Waals surface area contributed by atoms with Crippen LogP contribution in [0.4, 0.5) is 5.69 Å². The number of anilines is 1. The summed E-state index contributed by atoms with van der Waals surface area (Å²) in [6, 6.07) is 4.20. The molecule has 26 heavy (non-hydrogen) atoms. The van der Waals surface area contributed by atoms with Crippen molar-refractivity contribution in [3.63, 3.8) is 0 Å². The van der Waals surface area contributed by atoms with Crippen molar-refractivity contribution >= 4 is 39.2 Å². The number of carbonyl (C=O) groups excluding carboxylic acids is 2. The van der Waals surface area contributed by atoms with Gasteiger partial charge in [-0.05, 0) is 30.5 Å². The van der Waals surface area contributed by atoms with Crippen LogP contribution in [-0.4, -0.2) is 44.3 Å². The van der Waals surface area contributed by atoms with Gasteiger partial charge in [0, 0.05) is 18.8 Å².